The molecule has 8 nitrogen and oxygen atoms in total. The van der Waals surface area contributed by atoms with Crippen LogP contribution in [0, 0.1) is 32.1 Å². The fourth-order valence-electron chi connectivity index (χ4n) is 1.65. The summed E-state index contributed by atoms with van der Waals surface area (Å²) in [6.07, 6.45) is 1.25. The highest BCUT2D eigenvalue weighted by Crippen LogP contribution is 2.28. The zero-order valence-electron chi connectivity index (χ0n) is 11.7. The van der Waals surface area contributed by atoms with E-state index >= 15 is 0 Å². The monoisotopic (exact) mass is 310 g/mol. The number of benzene rings is 2. The van der Waals surface area contributed by atoms with Crippen molar-refractivity contribution in [1.29, 1.82) is 0 Å². The predicted octanol–water partition coefficient (Wildman–Crippen LogP) is 2.95. The number of nitrogens with zero attached hydrogens (tertiary/aromatic N) is 3. The normalized spacial score (nSPS) is 9.91. The number of nitrogens with one attached hydrogen (secondary N) is 1. The van der Waals surface area contributed by atoms with E-state index < -0.39 is 15.5 Å². The lowest BCUT2D eigenvalue weighted by molar-refractivity contribution is -0.393. The van der Waals surface area contributed by atoms with E-state index in [1.807, 2.05) is 30.3 Å². The average molecular weight is 310 g/mol. The maximum Gasteiger partial charge on any atom is 0.301 e. The van der Waals surface area contributed by atoms with Crippen LogP contribution in [-0.4, -0.2) is 16.1 Å². The Morgan fingerprint density at radius 2 is 1.78 bits per heavy atom. The summed E-state index contributed by atoms with van der Waals surface area (Å²) in [4.78, 5) is 20.1. The first-order valence-electron chi connectivity index (χ1n) is 6.35. The number of nitro benzene ring substituents is 2. The van der Waals surface area contributed by atoms with Gasteiger partial charge in [-0.05, 0) is 24.1 Å². The van der Waals surface area contributed by atoms with Crippen LogP contribution in [0.25, 0.3) is 0 Å². The Balaban J connectivity index is 2.11. The number of hydrogen-bond donors (Lipinski definition) is 1. The van der Waals surface area contributed by atoms with E-state index in [0.29, 0.717) is 0 Å². The molecule has 0 heterocycles. The molecule has 8 heteroatoms. The van der Waals surface area contributed by atoms with Gasteiger partial charge < -0.3 is 0 Å². The first-order chi connectivity index (χ1) is 11.1. The summed E-state index contributed by atoms with van der Waals surface area (Å²) >= 11 is 0. The minimum absolute atomic E-state index is 0.0401. The van der Waals surface area contributed by atoms with Crippen molar-refractivity contribution in [2.24, 2.45) is 5.10 Å². The molecule has 1 N–H and O–H groups in total. The number of hydrazone groups is 1. The number of nitro groups is 2. The van der Waals surface area contributed by atoms with Crippen molar-refractivity contribution in [3.63, 3.8) is 0 Å². The van der Waals surface area contributed by atoms with Crippen molar-refractivity contribution >= 4 is 23.3 Å². The van der Waals surface area contributed by atoms with Gasteiger partial charge in [0.25, 0.3) is 5.69 Å². The number of rotatable bonds is 4. The highest BCUT2D eigenvalue weighted by atomic mass is 16.6. The van der Waals surface area contributed by atoms with Gasteiger partial charge >= 0.3 is 5.69 Å². The van der Waals surface area contributed by atoms with E-state index in [2.05, 4.69) is 22.4 Å². The second-order valence-electron chi connectivity index (χ2n) is 4.22. The zero-order valence-corrected chi connectivity index (χ0v) is 11.7. The minimum Gasteiger partial charge on any atom is -0.271 e. The van der Waals surface area contributed by atoms with Crippen molar-refractivity contribution in [2.45, 2.75) is 0 Å². The third-order valence-corrected chi connectivity index (χ3v) is 2.69. The quantitative estimate of drug-likeness (QED) is 0.404. The molecule has 2 aromatic carbocycles. The van der Waals surface area contributed by atoms with Gasteiger partial charge in [-0.3, -0.25) is 25.7 Å². The molecule has 23 heavy (non-hydrogen) atoms. The molecule has 0 saturated carbocycles. The van der Waals surface area contributed by atoms with Crippen LogP contribution in [0.5, 0.6) is 0 Å². The average Bonchev–Trinajstić information content (AvgIpc) is 2.55. The minimum atomic E-state index is -0.722. The van der Waals surface area contributed by atoms with Gasteiger partial charge in [-0.15, -0.1) is 0 Å². The molecular weight excluding hydrogens is 300 g/mol. The fourth-order valence-corrected chi connectivity index (χ4v) is 1.65. The summed E-state index contributed by atoms with van der Waals surface area (Å²) in [5.74, 6) is 5.50. The van der Waals surface area contributed by atoms with Crippen LogP contribution >= 0.6 is 0 Å². The molecule has 0 saturated heterocycles. The maximum atomic E-state index is 10.9. The van der Waals surface area contributed by atoms with Gasteiger partial charge in [-0.25, -0.2) is 0 Å². The molecule has 2 rings (SSSR count). The lowest BCUT2D eigenvalue weighted by atomic mass is 10.2. The summed E-state index contributed by atoms with van der Waals surface area (Å²) in [6, 6.07) is 12.5. The predicted molar refractivity (Wildman–Crippen MR) is 85.2 cm³/mol. The molecule has 0 fully saturated rings. The molecule has 0 unspecified atom stereocenters. The van der Waals surface area contributed by atoms with Crippen LogP contribution < -0.4 is 5.43 Å². The summed E-state index contributed by atoms with van der Waals surface area (Å²) in [5, 5.41) is 25.3. The Morgan fingerprint density at radius 1 is 1.04 bits per heavy atom. The van der Waals surface area contributed by atoms with Crippen molar-refractivity contribution in [3.05, 3.63) is 74.3 Å². The Hall–Kier alpha value is -3.73. The lowest BCUT2D eigenvalue weighted by Crippen LogP contribution is -1.98. The van der Waals surface area contributed by atoms with E-state index in [1.54, 1.807) is 0 Å². The molecule has 0 aliphatic heterocycles. The molecule has 114 valence electrons. The van der Waals surface area contributed by atoms with Gasteiger partial charge in [0.1, 0.15) is 5.69 Å². The number of anilines is 1. The molecule has 0 aliphatic carbocycles. The Morgan fingerprint density at radius 3 is 2.43 bits per heavy atom. The van der Waals surface area contributed by atoms with Crippen molar-refractivity contribution in [2.75, 3.05) is 5.43 Å². The number of hydrogen-bond acceptors (Lipinski definition) is 6. The van der Waals surface area contributed by atoms with E-state index in [-0.39, 0.29) is 11.4 Å². The van der Waals surface area contributed by atoms with Crippen LogP contribution in [0.1, 0.15) is 5.56 Å². The van der Waals surface area contributed by atoms with Gasteiger partial charge in [-0.1, -0.05) is 24.1 Å². The standard InChI is InChI=1S/C15H10N4O4/c20-18(21)13-8-9-14(15(11-13)19(22)23)17-16-10-4-7-12-5-2-1-3-6-12/h1-3,5-6,8-11,17H. The van der Waals surface area contributed by atoms with Gasteiger partial charge in [-0.2, -0.15) is 5.10 Å². The van der Waals surface area contributed by atoms with Gasteiger partial charge in [0.15, 0.2) is 0 Å². The van der Waals surface area contributed by atoms with Gasteiger partial charge in [0, 0.05) is 11.6 Å². The first-order valence-corrected chi connectivity index (χ1v) is 6.35. The van der Waals surface area contributed by atoms with Crippen LogP contribution in [0.3, 0.4) is 0 Å². The highest BCUT2D eigenvalue weighted by molar-refractivity contribution is 5.80. The topological polar surface area (TPSA) is 111 Å². The van der Waals surface area contributed by atoms with Crippen molar-refractivity contribution < 1.29 is 9.85 Å². The highest BCUT2D eigenvalue weighted by Gasteiger charge is 2.18. The van der Waals surface area contributed by atoms with E-state index in [0.717, 1.165) is 17.7 Å². The Labute approximate surface area is 130 Å². The van der Waals surface area contributed by atoms with Gasteiger partial charge in [0.2, 0.25) is 0 Å². The Bertz CT molecular complexity index is 822. The van der Waals surface area contributed by atoms with Gasteiger partial charge in [0.05, 0.1) is 22.1 Å². The maximum absolute atomic E-state index is 10.9. The first kappa shape index (κ1) is 15.7. The second kappa shape index (κ2) is 7.33. The van der Waals surface area contributed by atoms with E-state index in [4.69, 9.17) is 0 Å². The molecule has 2 aromatic rings. The fraction of sp³-hybridized carbons (Fsp3) is 0. The van der Waals surface area contributed by atoms with E-state index in [1.165, 1.54) is 12.3 Å². The molecular formula is C15H10N4O4. The lowest BCUT2D eigenvalue weighted by Gasteiger charge is -2.00. The third kappa shape index (κ3) is 4.37. The SMILES string of the molecule is O=[N+]([O-])c1ccc(NN=CC#Cc2ccccc2)c([N+](=O)[O-])c1. The van der Waals surface area contributed by atoms with E-state index in [9.17, 15) is 20.2 Å². The molecule has 0 bridgehead atoms. The Kier molecular flexibility index (Phi) is 4.99. The molecule has 0 aliphatic rings. The van der Waals surface area contributed by atoms with Crippen LogP contribution in [-0.2, 0) is 0 Å². The third-order valence-electron chi connectivity index (χ3n) is 2.69. The van der Waals surface area contributed by atoms with Crippen molar-refractivity contribution in [3.8, 4) is 11.8 Å². The van der Waals surface area contributed by atoms with Crippen molar-refractivity contribution in [1.82, 2.24) is 0 Å². The smallest absolute Gasteiger partial charge is 0.271 e. The molecule has 0 atom stereocenters. The largest absolute Gasteiger partial charge is 0.301 e. The van der Waals surface area contributed by atoms with Crippen LogP contribution in [0.15, 0.2) is 53.6 Å². The molecule has 0 amide bonds. The summed E-state index contributed by atoms with van der Waals surface area (Å²) < 4.78 is 0. The summed E-state index contributed by atoms with van der Waals surface area (Å²) in [6.45, 7) is 0. The summed E-state index contributed by atoms with van der Waals surface area (Å²) in [5.41, 5.74) is 2.49. The van der Waals surface area contributed by atoms with Crippen LogP contribution in [0.2, 0.25) is 0 Å². The zero-order chi connectivity index (χ0) is 16.7. The number of non-ortho nitro benzene ring substituents is 1. The molecule has 0 aromatic heterocycles. The second-order valence-corrected chi connectivity index (χ2v) is 4.22. The molecule has 0 radical (unpaired) electrons. The molecule has 0 spiro atoms. The summed E-state index contributed by atoms with van der Waals surface area (Å²) in [7, 11) is 0. The van der Waals surface area contributed by atoms with Crippen LogP contribution in [0.4, 0.5) is 17.1 Å².